The first-order valence-electron chi connectivity index (χ1n) is 7.43. The Morgan fingerprint density at radius 3 is 2.73 bits per heavy atom. The molecule has 2 N–H and O–H groups in total. The molecule has 120 valence electrons. The topological polar surface area (TPSA) is 59.3 Å². The van der Waals surface area contributed by atoms with E-state index >= 15 is 0 Å². The summed E-state index contributed by atoms with van der Waals surface area (Å²) in [4.78, 5) is 0. The molecule has 0 aliphatic heterocycles. The van der Waals surface area contributed by atoms with Gasteiger partial charge >= 0.3 is 0 Å². The second kappa shape index (κ2) is 8.17. The molecule has 1 heterocycles. The number of benzene rings is 1. The highest BCUT2D eigenvalue weighted by Gasteiger charge is 2.11. The molecule has 1 unspecified atom stereocenters. The first-order chi connectivity index (χ1) is 10.6. The van der Waals surface area contributed by atoms with Gasteiger partial charge in [0.2, 0.25) is 0 Å². The summed E-state index contributed by atoms with van der Waals surface area (Å²) in [5.41, 5.74) is 1.83. The molecule has 1 aromatic carbocycles. The van der Waals surface area contributed by atoms with Crippen LogP contribution in [0.3, 0.4) is 0 Å². The predicted molar refractivity (Wildman–Crippen MR) is 89.3 cm³/mol. The fourth-order valence-corrected chi connectivity index (χ4v) is 2.27. The highest BCUT2D eigenvalue weighted by Crippen LogP contribution is 2.24. The van der Waals surface area contributed by atoms with Crippen LogP contribution in [0.4, 0.5) is 5.82 Å². The highest BCUT2D eigenvalue weighted by atomic mass is 35.5. The van der Waals surface area contributed by atoms with Crippen LogP contribution in [0, 0.1) is 0 Å². The Balaban J connectivity index is 2.19. The van der Waals surface area contributed by atoms with Crippen LogP contribution in [0.15, 0.2) is 30.3 Å². The van der Waals surface area contributed by atoms with Crippen molar-refractivity contribution in [2.45, 2.75) is 26.4 Å². The standard InChI is InChI=1S/C16H22ClN3O2/c1-3-22-11-12(2)18-16-10-15(19-20(16)8-9-21)13-4-6-14(17)7-5-13/h4-7,10,12,18,21H,3,8-9,11H2,1-2H3. The van der Waals surface area contributed by atoms with Gasteiger partial charge in [0, 0.05) is 29.3 Å². The molecule has 0 saturated heterocycles. The Morgan fingerprint density at radius 2 is 2.09 bits per heavy atom. The Kier molecular flexibility index (Phi) is 6.24. The van der Waals surface area contributed by atoms with Crippen LogP contribution in [0.1, 0.15) is 13.8 Å². The molecule has 0 amide bonds. The van der Waals surface area contributed by atoms with Crippen molar-refractivity contribution in [3.05, 3.63) is 35.4 Å². The first-order valence-corrected chi connectivity index (χ1v) is 7.80. The minimum atomic E-state index is 0.0380. The fourth-order valence-electron chi connectivity index (χ4n) is 2.15. The monoisotopic (exact) mass is 323 g/mol. The maximum absolute atomic E-state index is 9.21. The van der Waals surface area contributed by atoms with Crippen LogP contribution >= 0.6 is 11.6 Å². The van der Waals surface area contributed by atoms with E-state index in [1.54, 1.807) is 4.68 Å². The van der Waals surface area contributed by atoms with E-state index in [-0.39, 0.29) is 12.6 Å². The molecule has 0 fully saturated rings. The molecule has 6 heteroatoms. The van der Waals surface area contributed by atoms with E-state index in [4.69, 9.17) is 16.3 Å². The van der Waals surface area contributed by atoms with Crippen LogP contribution in [-0.4, -0.2) is 40.7 Å². The lowest BCUT2D eigenvalue weighted by Crippen LogP contribution is -2.24. The third kappa shape index (κ3) is 4.47. The molecule has 0 saturated carbocycles. The van der Waals surface area contributed by atoms with Crippen molar-refractivity contribution in [1.29, 1.82) is 0 Å². The van der Waals surface area contributed by atoms with Crippen LogP contribution in [0.5, 0.6) is 0 Å². The number of nitrogens with zero attached hydrogens (tertiary/aromatic N) is 2. The second-order valence-electron chi connectivity index (χ2n) is 5.07. The van der Waals surface area contributed by atoms with Gasteiger partial charge in [-0.15, -0.1) is 0 Å². The third-order valence-corrected chi connectivity index (χ3v) is 3.45. The number of anilines is 1. The quantitative estimate of drug-likeness (QED) is 0.784. The van der Waals surface area contributed by atoms with Gasteiger partial charge in [-0.25, -0.2) is 4.68 Å². The highest BCUT2D eigenvalue weighted by molar-refractivity contribution is 6.30. The van der Waals surface area contributed by atoms with Gasteiger partial charge in [0.1, 0.15) is 5.82 Å². The van der Waals surface area contributed by atoms with E-state index in [0.717, 1.165) is 17.1 Å². The normalized spacial score (nSPS) is 12.4. The van der Waals surface area contributed by atoms with E-state index in [1.807, 2.05) is 44.2 Å². The number of hydrogen-bond donors (Lipinski definition) is 2. The lowest BCUT2D eigenvalue weighted by atomic mass is 10.1. The Morgan fingerprint density at radius 1 is 1.36 bits per heavy atom. The molecule has 5 nitrogen and oxygen atoms in total. The van der Waals surface area contributed by atoms with Crippen LogP contribution < -0.4 is 5.32 Å². The number of hydrogen-bond acceptors (Lipinski definition) is 4. The van der Waals surface area contributed by atoms with Crippen molar-refractivity contribution in [2.75, 3.05) is 25.1 Å². The van der Waals surface area contributed by atoms with Gasteiger partial charge in [-0.05, 0) is 26.0 Å². The zero-order chi connectivity index (χ0) is 15.9. The maximum atomic E-state index is 9.21. The van der Waals surface area contributed by atoms with E-state index in [1.165, 1.54) is 0 Å². The lowest BCUT2D eigenvalue weighted by Gasteiger charge is -2.15. The average Bonchev–Trinajstić information content (AvgIpc) is 2.89. The summed E-state index contributed by atoms with van der Waals surface area (Å²) in [6, 6.07) is 9.68. The maximum Gasteiger partial charge on any atom is 0.125 e. The van der Waals surface area contributed by atoms with Gasteiger partial charge in [-0.1, -0.05) is 23.7 Å². The molecule has 2 rings (SSSR count). The summed E-state index contributed by atoms with van der Waals surface area (Å²) in [6.45, 7) is 5.82. The number of rotatable bonds is 8. The molecule has 0 bridgehead atoms. The molecule has 0 aliphatic carbocycles. The van der Waals surface area contributed by atoms with Crippen molar-refractivity contribution >= 4 is 17.4 Å². The van der Waals surface area contributed by atoms with Crippen LogP contribution in [0.2, 0.25) is 5.02 Å². The predicted octanol–water partition coefficient (Wildman–Crippen LogP) is 3.03. The average molecular weight is 324 g/mol. The van der Waals surface area contributed by atoms with Crippen molar-refractivity contribution < 1.29 is 9.84 Å². The number of nitrogens with one attached hydrogen (secondary N) is 1. The van der Waals surface area contributed by atoms with E-state index in [0.29, 0.717) is 24.8 Å². The molecular formula is C16H22ClN3O2. The minimum Gasteiger partial charge on any atom is -0.394 e. The van der Waals surface area contributed by atoms with Gasteiger partial charge in [-0.3, -0.25) is 0 Å². The van der Waals surface area contributed by atoms with Gasteiger partial charge in [-0.2, -0.15) is 5.10 Å². The largest absolute Gasteiger partial charge is 0.394 e. The minimum absolute atomic E-state index is 0.0380. The van der Waals surface area contributed by atoms with E-state index in [9.17, 15) is 5.11 Å². The summed E-state index contributed by atoms with van der Waals surface area (Å²) < 4.78 is 7.19. The number of ether oxygens (including phenoxy) is 1. The Labute approximate surface area is 135 Å². The number of aromatic nitrogens is 2. The zero-order valence-electron chi connectivity index (χ0n) is 12.9. The van der Waals surface area contributed by atoms with Gasteiger partial charge in [0.05, 0.1) is 25.5 Å². The summed E-state index contributed by atoms with van der Waals surface area (Å²) in [5, 5.41) is 17.8. The summed E-state index contributed by atoms with van der Waals surface area (Å²) in [7, 11) is 0. The van der Waals surface area contributed by atoms with Crippen molar-refractivity contribution in [3.63, 3.8) is 0 Å². The molecule has 0 aliphatic rings. The van der Waals surface area contributed by atoms with Crippen molar-refractivity contribution in [3.8, 4) is 11.3 Å². The molecule has 1 atom stereocenters. The molecular weight excluding hydrogens is 302 g/mol. The SMILES string of the molecule is CCOCC(C)Nc1cc(-c2ccc(Cl)cc2)nn1CCO. The summed E-state index contributed by atoms with van der Waals surface area (Å²) in [5.74, 6) is 0.867. The van der Waals surface area contributed by atoms with Crippen LogP contribution in [0.25, 0.3) is 11.3 Å². The second-order valence-corrected chi connectivity index (χ2v) is 5.51. The molecule has 0 radical (unpaired) electrons. The lowest BCUT2D eigenvalue weighted by molar-refractivity contribution is 0.141. The molecule has 1 aromatic heterocycles. The Hall–Kier alpha value is -1.56. The molecule has 0 spiro atoms. The van der Waals surface area contributed by atoms with E-state index < -0.39 is 0 Å². The first kappa shape index (κ1) is 16.8. The van der Waals surface area contributed by atoms with Gasteiger partial charge < -0.3 is 15.2 Å². The van der Waals surface area contributed by atoms with Crippen LogP contribution in [-0.2, 0) is 11.3 Å². The van der Waals surface area contributed by atoms with Gasteiger partial charge in [0.25, 0.3) is 0 Å². The summed E-state index contributed by atoms with van der Waals surface area (Å²) >= 11 is 5.92. The molecule has 2 aromatic rings. The third-order valence-electron chi connectivity index (χ3n) is 3.20. The number of halogens is 1. The fraction of sp³-hybridized carbons (Fsp3) is 0.438. The smallest absolute Gasteiger partial charge is 0.125 e. The zero-order valence-corrected chi connectivity index (χ0v) is 13.7. The number of aliphatic hydroxyl groups is 1. The number of aliphatic hydroxyl groups excluding tert-OH is 1. The van der Waals surface area contributed by atoms with Crippen molar-refractivity contribution in [2.24, 2.45) is 0 Å². The van der Waals surface area contributed by atoms with Gasteiger partial charge in [0.15, 0.2) is 0 Å². The van der Waals surface area contributed by atoms with Crippen molar-refractivity contribution in [1.82, 2.24) is 9.78 Å². The summed E-state index contributed by atoms with van der Waals surface area (Å²) in [6.07, 6.45) is 0. The van der Waals surface area contributed by atoms with E-state index in [2.05, 4.69) is 10.4 Å². The molecule has 22 heavy (non-hydrogen) atoms. The Bertz CT molecular complexity index is 584.